The molecule has 1 heterocycles. The van der Waals surface area contributed by atoms with Crippen molar-refractivity contribution in [1.82, 2.24) is 10.2 Å². The van der Waals surface area contributed by atoms with Crippen LogP contribution in [0.2, 0.25) is 0 Å². The van der Waals surface area contributed by atoms with Crippen LogP contribution >= 0.6 is 0 Å². The highest BCUT2D eigenvalue weighted by Crippen LogP contribution is 2.14. The Hall–Kier alpha value is -0.380. The van der Waals surface area contributed by atoms with E-state index in [0.717, 1.165) is 32.7 Å². The number of allylic oxidation sites excluding steroid dienone is 1. The van der Waals surface area contributed by atoms with Crippen LogP contribution in [0.1, 0.15) is 39.0 Å². The van der Waals surface area contributed by atoms with E-state index < -0.39 is 0 Å². The van der Waals surface area contributed by atoms with E-state index in [-0.39, 0.29) is 0 Å². The molecule has 2 atom stereocenters. The molecule has 0 bridgehead atoms. The molecule has 3 heteroatoms. The van der Waals surface area contributed by atoms with Gasteiger partial charge in [0.2, 0.25) is 0 Å². The Morgan fingerprint density at radius 3 is 2.94 bits per heavy atom. The first kappa shape index (κ1) is 15.7. The molecule has 1 saturated heterocycles. The Balaban J connectivity index is 2.24. The zero-order valence-electron chi connectivity index (χ0n) is 12.2. The highest BCUT2D eigenvalue weighted by atomic mass is 16.5. The minimum atomic E-state index is 0.364. The minimum Gasteiger partial charge on any atom is -0.374 e. The standard InChI is InChI=1S/C15H30N2O/c1-4-6-7-8-9-10-14(16-3)15-13-17(5-2)11-12-18-15/h4,14-16H,1,5-13H2,2-3H3. The van der Waals surface area contributed by atoms with Crippen molar-refractivity contribution in [2.75, 3.05) is 33.3 Å². The van der Waals surface area contributed by atoms with E-state index in [9.17, 15) is 0 Å². The number of likely N-dealkylation sites (N-methyl/N-ethyl adjacent to an activating group) is 2. The number of morpholine rings is 1. The fourth-order valence-corrected chi connectivity index (χ4v) is 2.61. The number of rotatable bonds is 9. The summed E-state index contributed by atoms with van der Waals surface area (Å²) < 4.78 is 5.92. The van der Waals surface area contributed by atoms with Crippen LogP contribution in [-0.4, -0.2) is 50.3 Å². The van der Waals surface area contributed by atoms with Gasteiger partial charge in [0.05, 0.1) is 12.7 Å². The highest BCUT2D eigenvalue weighted by molar-refractivity contribution is 4.82. The first-order valence-electron chi connectivity index (χ1n) is 7.44. The number of hydrogen-bond acceptors (Lipinski definition) is 3. The van der Waals surface area contributed by atoms with Crippen molar-refractivity contribution in [2.24, 2.45) is 0 Å². The third-order valence-corrected chi connectivity index (χ3v) is 3.87. The maximum atomic E-state index is 5.92. The zero-order chi connectivity index (χ0) is 13.2. The van der Waals surface area contributed by atoms with Crippen LogP contribution in [0.3, 0.4) is 0 Å². The van der Waals surface area contributed by atoms with Gasteiger partial charge in [0.25, 0.3) is 0 Å². The summed E-state index contributed by atoms with van der Waals surface area (Å²) in [5.74, 6) is 0. The lowest BCUT2D eigenvalue weighted by atomic mass is 10.0. The lowest BCUT2D eigenvalue weighted by Crippen LogP contribution is -2.51. The Kier molecular flexibility index (Phi) is 8.31. The largest absolute Gasteiger partial charge is 0.374 e. The lowest BCUT2D eigenvalue weighted by molar-refractivity contribution is -0.0453. The molecule has 0 aromatic rings. The molecule has 0 aromatic heterocycles. The van der Waals surface area contributed by atoms with Crippen LogP contribution in [-0.2, 0) is 4.74 Å². The summed E-state index contributed by atoms with van der Waals surface area (Å²) >= 11 is 0. The first-order valence-corrected chi connectivity index (χ1v) is 7.44. The second-order valence-corrected chi connectivity index (χ2v) is 5.12. The average molecular weight is 254 g/mol. The maximum Gasteiger partial charge on any atom is 0.0855 e. The third-order valence-electron chi connectivity index (χ3n) is 3.87. The minimum absolute atomic E-state index is 0.364. The van der Waals surface area contributed by atoms with Crippen molar-refractivity contribution in [2.45, 2.75) is 51.2 Å². The fraction of sp³-hybridized carbons (Fsp3) is 0.867. The SMILES string of the molecule is C=CCCCCCC(NC)C1CN(CC)CCO1. The smallest absolute Gasteiger partial charge is 0.0855 e. The number of nitrogens with one attached hydrogen (secondary N) is 1. The van der Waals surface area contributed by atoms with Crippen molar-refractivity contribution in [1.29, 1.82) is 0 Å². The van der Waals surface area contributed by atoms with Crippen molar-refractivity contribution < 1.29 is 4.74 Å². The van der Waals surface area contributed by atoms with Crippen LogP contribution < -0.4 is 5.32 Å². The van der Waals surface area contributed by atoms with E-state index in [1.807, 2.05) is 6.08 Å². The summed E-state index contributed by atoms with van der Waals surface area (Å²) in [5.41, 5.74) is 0. The summed E-state index contributed by atoms with van der Waals surface area (Å²) in [6.45, 7) is 10.2. The van der Waals surface area contributed by atoms with Gasteiger partial charge in [-0.15, -0.1) is 6.58 Å². The van der Waals surface area contributed by atoms with Crippen molar-refractivity contribution >= 4 is 0 Å². The third kappa shape index (κ3) is 5.51. The predicted molar refractivity (Wildman–Crippen MR) is 78.0 cm³/mol. The number of unbranched alkanes of at least 4 members (excludes halogenated alkanes) is 3. The molecule has 1 aliphatic rings. The maximum absolute atomic E-state index is 5.92. The van der Waals surface area contributed by atoms with Crippen molar-refractivity contribution in [3.8, 4) is 0 Å². The van der Waals surface area contributed by atoms with Crippen LogP contribution in [0, 0.1) is 0 Å². The lowest BCUT2D eigenvalue weighted by Gasteiger charge is -2.36. The normalized spacial score (nSPS) is 22.9. The molecule has 1 N–H and O–H groups in total. The molecule has 0 aliphatic carbocycles. The fourth-order valence-electron chi connectivity index (χ4n) is 2.61. The molecule has 1 fully saturated rings. The van der Waals surface area contributed by atoms with Gasteiger partial charge in [-0.1, -0.05) is 25.8 Å². The van der Waals surface area contributed by atoms with E-state index in [1.165, 1.54) is 25.7 Å². The van der Waals surface area contributed by atoms with E-state index in [2.05, 4.69) is 30.8 Å². The molecule has 1 rings (SSSR count). The molecule has 1 aliphatic heterocycles. The molecule has 0 amide bonds. The summed E-state index contributed by atoms with van der Waals surface area (Å²) in [6, 6.07) is 0.503. The molecular weight excluding hydrogens is 224 g/mol. The second kappa shape index (κ2) is 9.54. The van der Waals surface area contributed by atoms with Gasteiger partial charge in [0, 0.05) is 19.1 Å². The summed E-state index contributed by atoms with van der Waals surface area (Å²) in [7, 11) is 2.06. The van der Waals surface area contributed by atoms with E-state index in [4.69, 9.17) is 4.74 Å². The van der Waals surface area contributed by atoms with Crippen LogP contribution in [0.15, 0.2) is 12.7 Å². The van der Waals surface area contributed by atoms with Crippen LogP contribution in [0.25, 0.3) is 0 Å². The topological polar surface area (TPSA) is 24.5 Å². The molecule has 0 saturated carbocycles. The quantitative estimate of drug-likeness (QED) is 0.505. The molecule has 0 spiro atoms. The first-order chi connectivity index (χ1) is 8.81. The highest BCUT2D eigenvalue weighted by Gasteiger charge is 2.25. The Morgan fingerprint density at radius 1 is 1.44 bits per heavy atom. The summed E-state index contributed by atoms with van der Waals surface area (Å²) in [4.78, 5) is 2.48. The zero-order valence-corrected chi connectivity index (χ0v) is 12.2. The van der Waals surface area contributed by atoms with Crippen LogP contribution in [0.4, 0.5) is 0 Å². The number of nitrogens with zero attached hydrogens (tertiary/aromatic N) is 1. The van der Waals surface area contributed by atoms with Gasteiger partial charge < -0.3 is 10.1 Å². The monoisotopic (exact) mass is 254 g/mol. The Bertz CT molecular complexity index is 221. The molecule has 106 valence electrons. The van der Waals surface area contributed by atoms with E-state index in [0.29, 0.717) is 12.1 Å². The molecule has 18 heavy (non-hydrogen) atoms. The van der Waals surface area contributed by atoms with Gasteiger partial charge in [-0.2, -0.15) is 0 Å². The molecular formula is C15H30N2O. The van der Waals surface area contributed by atoms with Gasteiger partial charge in [-0.05, 0) is 32.9 Å². The van der Waals surface area contributed by atoms with E-state index >= 15 is 0 Å². The van der Waals surface area contributed by atoms with Gasteiger partial charge in [0.15, 0.2) is 0 Å². The molecule has 3 nitrogen and oxygen atoms in total. The second-order valence-electron chi connectivity index (χ2n) is 5.12. The Labute approximate surface area is 113 Å². The molecule has 2 unspecified atom stereocenters. The van der Waals surface area contributed by atoms with Gasteiger partial charge in [0.1, 0.15) is 0 Å². The van der Waals surface area contributed by atoms with Gasteiger partial charge in [-0.25, -0.2) is 0 Å². The van der Waals surface area contributed by atoms with E-state index in [1.54, 1.807) is 0 Å². The van der Waals surface area contributed by atoms with Crippen molar-refractivity contribution in [3.63, 3.8) is 0 Å². The summed E-state index contributed by atoms with van der Waals surface area (Å²) in [5, 5.41) is 3.44. The molecule has 0 aromatic carbocycles. The number of ether oxygens (including phenoxy) is 1. The van der Waals surface area contributed by atoms with Gasteiger partial charge >= 0.3 is 0 Å². The van der Waals surface area contributed by atoms with Gasteiger partial charge in [-0.3, -0.25) is 4.90 Å². The predicted octanol–water partition coefficient (Wildman–Crippen LogP) is 2.43. The average Bonchev–Trinajstić information content (AvgIpc) is 2.43. The molecule has 0 radical (unpaired) electrons. The van der Waals surface area contributed by atoms with Crippen LogP contribution in [0.5, 0.6) is 0 Å². The Morgan fingerprint density at radius 2 is 2.28 bits per heavy atom. The summed E-state index contributed by atoms with van der Waals surface area (Å²) in [6.07, 6.45) is 8.59. The number of hydrogen-bond donors (Lipinski definition) is 1. The van der Waals surface area contributed by atoms with Crippen molar-refractivity contribution in [3.05, 3.63) is 12.7 Å².